The lowest BCUT2D eigenvalue weighted by molar-refractivity contribution is 0.152. The SMILES string of the molecule is C[C@@H]1CCCC2NC(c3ccc(F)cn3)=C(Br)N21. The van der Waals surface area contributed by atoms with Crippen molar-refractivity contribution in [3.63, 3.8) is 0 Å². The summed E-state index contributed by atoms with van der Waals surface area (Å²) in [6, 6.07) is 3.67. The summed E-state index contributed by atoms with van der Waals surface area (Å²) in [5.41, 5.74) is 1.75. The minimum absolute atomic E-state index is 0.306. The predicted molar refractivity (Wildman–Crippen MR) is 72.1 cm³/mol. The van der Waals surface area contributed by atoms with Crippen LogP contribution in [0.3, 0.4) is 0 Å². The Hall–Kier alpha value is -1.10. The van der Waals surface area contributed by atoms with Crippen molar-refractivity contribution >= 4 is 21.6 Å². The Balaban J connectivity index is 1.95. The van der Waals surface area contributed by atoms with Gasteiger partial charge >= 0.3 is 0 Å². The molecule has 0 amide bonds. The number of hydrogen-bond acceptors (Lipinski definition) is 3. The minimum Gasteiger partial charge on any atom is -0.361 e. The first-order valence-corrected chi connectivity index (χ1v) is 7.02. The molecule has 0 aliphatic carbocycles. The van der Waals surface area contributed by atoms with Crippen molar-refractivity contribution in [2.45, 2.75) is 38.4 Å². The third-order valence-electron chi connectivity index (χ3n) is 3.64. The monoisotopic (exact) mass is 311 g/mol. The molecule has 0 aromatic carbocycles. The third kappa shape index (κ3) is 1.90. The number of nitrogens with zero attached hydrogens (tertiary/aromatic N) is 2. The highest BCUT2D eigenvalue weighted by molar-refractivity contribution is 9.11. The molecule has 96 valence electrons. The molecular formula is C13H15BrFN3. The van der Waals surface area contributed by atoms with Crippen molar-refractivity contribution in [2.24, 2.45) is 0 Å². The Morgan fingerprint density at radius 1 is 1.44 bits per heavy atom. The van der Waals surface area contributed by atoms with Crippen LogP contribution in [0.5, 0.6) is 0 Å². The standard InChI is InChI=1S/C13H15BrFN3/c1-8-3-2-4-11-17-12(13(14)18(8)11)10-6-5-9(15)7-16-10/h5-8,11,17H,2-4H2,1H3/t8-,11?/m1/s1. The van der Waals surface area contributed by atoms with Crippen LogP contribution >= 0.6 is 15.9 Å². The molecule has 2 aliphatic rings. The molecule has 0 spiro atoms. The van der Waals surface area contributed by atoms with Crippen molar-refractivity contribution < 1.29 is 4.39 Å². The van der Waals surface area contributed by atoms with Gasteiger partial charge in [-0.05, 0) is 54.2 Å². The fourth-order valence-electron chi connectivity index (χ4n) is 2.72. The van der Waals surface area contributed by atoms with Gasteiger partial charge < -0.3 is 10.2 Å². The zero-order chi connectivity index (χ0) is 12.7. The lowest BCUT2D eigenvalue weighted by Crippen LogP contribution is -2.45. The van der Waals surface area contributed by atoms with E-state index >= 15 is 0 Å². The third-order valence-corrected chi connectivity index (χ3v) is 4.44. The van der Waals surface area contributed by atoms with E-state index in [4.69, 9.17) is 0 Å². The molecule has 1 aromatic rings. The molecule has 1 unspecified atom stereocenters. The normalized spacial score (nSPS) is 27.2. The predicted octanol–water partition coefficient (Wildman–Crippen LogP) is 3.05. The van der Waals surface area contributed by atoms with E-state index in [1.165, 1.54) is 25.1 Å². The van der Waals surface area contributed by atoms with Crippen LogP contribution in [0.25, 0.3) is 5.70 Å². The van der Waals surface area contributed by atoms with E-state index in [9.17, 15) is 4.39 Å². The Labute approximate surface area is 114 Å². The summed E-state index contributed by atoms with van der Waals surface area (Å²) in [4.78, 5) is 6.49. The summed E-state index contributed by atoms with van der Waals surface area (Å²) in [6.45, 7) is 2.23. The molecule has 2 atom stereocenters. The highest BCUT2D eigenvalue weighted by atomic mass is 79.9. The number of nitrogens with one attached hydrogen (secondary N) is 1. The van der Waals surface area contributed by atoms with Crippen molar-refractivity contribution in [3.05, 3.63) is 34.4 Å². The van der Waals surface area contributed by atoms with Crippen molar-refractivity contribution in [3.8, 4) is 0 Å². The zero-order valence-corrected chi connectivity index (χ0v) is 11.7. The Bertz CT molecular complexity index is 486. The molecular weight excluding hydrogens is 297 g/mol. The van der Waals surface area contributed by atoms with E-state index < -0.39 is 0 Å². The van der Waals surface area contributed by atoms with E-state index in [1.54, 1.807) is 6.07 Å². The van der Waals surface area contributed by atoms with Crippen LogP contribution in [0.15, 0.2) is 22.9 Å². The fourth-order valence-corrected chi connectivity index (χ4v) is 3.64. The number of piperidine rings is 1. The molecule has 1 saturated heterocycles. The lowest BCUT2D eigenvalue weighted by Gasteiger charge is -2.37. The van der Waals surface area contributed by atoms with Gasteiger partial charge in [0.25, 0.3) is 0 Å². The first kappa shape index (κ1) is 12.0. The highest BCUT2D eigenvalue weighted by Crippen LogP contribution is 2.37. The van der Waals surface area contributed by atoms with E-state index in [-0.39, 0.29) is 5.82 Å². The summed E-state index contributed by atoms with van der Waals surface area (Å²) in [6.07, 6.45) is 5.16. The van der Waals surface area contributed by atoms with Gasteiger partial charge in [-0.25, -0.2) is 4.39 Å². The highest BCUT2D eigenvalue weighted by Gasteiger charge is 2.36. The van der Waals surface area contributed by atoms with Gasteiger partial charge in [0.05, 0.1) is 23.8 Å². The maximum absolute atomic E-state index is 12.9. The molecule has 0 radical (unpaired) electrons. The van der Waals surface area contributed by atoms with Crippen molar-refractivity contribution in [1.29, 1.82) is 0 Å². The maximum atomic E-state index is 12.9. The van der Waals surface area contributed by atoms with Gasteiger partial charge in [-0.3, -0.25) is 4.98 Å². The molecule has 3 nitrogen and oxygen atoms in total. The second-order valence-electron chi connectivity index (χ2n) is 4.87. The van der Waals surface area contributed by atoms with E-state index in [1.807, 2.05) is 0 Å². The van der Waals surface area contributed by atoms with Gasteiger partial charge in [-0.15, -0.1) is 0 Å². The average molecular weight is 312 g/mol. The average Bonchev–Trinajstić information content (AvgIpc) is 2.69. The van der Waals surface area contributed by atoms with Gasteiger partial charge in [0, 0.05) is 6.04 Å². The number of fused-ring (bicyclic) bond motifs is 1. The van der Waals surface area contributed by atoms with Crippen LogP contribution < -0.4 is 5.32 Å². The fraction of sp³-hybridized carbons (Fsp3) is 0.462. The molecule has 2 aliphatic heterocycles. The molecule has 5 heteroatoms. The van der Waals surface area contributed by atoms with Gasteiger partial charge in [0.2, 0.25) is 0 Å². The molecule has 1 aromatic heterocycles. The van der Waals surface area contributed by atoms with Crippen molar-refractivity contribution in [1.82, 2.24) is 15.2 Å². The maximum Gasteiger partial charge on any atom is 0.141 e. The second kappa shape index (κ2) is 4.53. The molecule has 3 rings (SSSR count). The second-order valence-corrected chi connectivity index (χ2v) is 5.63. The van der Waals surface area contributed by atoms with Crippen molar-refractivity contribution in [2.75, 3.05) is 0 Å². The van der Waals surface area contributed by atoms with Crippen LogP contribution in [0, 0.1) is 5.82 Å². The summed E-state index contributed by atoms with van der Waals surface area (Å²) in [7, 11) is 0. The van der Waals surface area contributed by atoms with E-state index in [2.05, 4.69) is 38.1 Å². The summed E-state index contributed by atoms with van der Waals surface area (Å²) < 4.78 is 13.9. The Morgan fingerprint density at radius 3 is 2.94 bits per heavy atom. The topological polar surface area (TPSA) is 28.2 Å². The van der Waals surface area contributed by atoms with Gasteiger partial charge in [0.1, 0.15) is 10.4 Å². The van der Waals surface area contributed by atoms with Crippen LogP contribution in [-0.2, 0) is 0 Å². The van der Waals surface area contributed by atoms with Gasteiger partial charge in [0.15, 0.2) is 0 Å². The molecule has 1 fully saturated rings. The molecule has 18 heavy (non-hydrogen) atoms. The Morgan fingerprint density at radius 2 is 2.28 bits per heavy atom. The quantitative estimate of drug-likeness (QED) is 0.808. The number of aromatic nitrogens is 1. The lowest BCUT2D eigenvalue weighted by atomic mass is 10.0. The van der Waals surface area contributed by atoms with Gasteiger partial charge in [-0.1, -0.05) is 0 Å². The summed E-state index contributed by atoms with van der Waals surface area (Å²) >= 11 is 3.65. The number of halogens is 2. The molecule has 3 heterocycles. The summed E-state index contributed by atoms with van der Waals surface area (Å²) in [5.74, 6) is -0.306. The van der Waals surface area contributed by atoms with Crippen LogP contribution in [-0.4, -0.2) is 22.1 Å². The molecule has 0 bridgehead atoms. The largest absolute Gasteiger partial charge is 0.361 e. The first-order chi connectivity index (χ1) is 8.66. The number of pyridine rings is 1. The summed E-state index contributed by atoms with van der Waals surface area (Å²) in [5, 5.41) is 3.48. The smallest absolute Gasteiger partial charge is 0.141 e. The number of rotatable bonds is 1. The molecule has 1 N–H and O–H groups in total. The van der Waals surface area contributed by atoms with Crippen LogP contribution in [0.4, 0.5) is 4.39 Å². The number of hydrogen-bond donors (Lipinski definition) is 1. The van der Waals surface area contributed by atoms with Crippen LogP contribution in [0.1, 0.15) is 31.9 Å². The van der Waals surface area contributed by atoms with Gasteiger partial charge in [-0.2, -0.15) is 0 Å². The molecule has 0 saturated carbocycles. The minimum atomic E-state index is -0.306. The Kier molecular flexibility index (Phi) is 3.01. The van der Waals surface area contributed by atoms with E-state index in [0.717, 1.165) is 22.4 Å². The first-order valence-electron chi connectivity index (χ1n) is 6.23. The van der Waals surface area contributed by atoms with Crippen LogP contribution in [0.2, 0.25) is 0 Å². The van der Waals surface area contributed by atoms with E-state index in [0.29, 0.717) is 12.2 Å². The zero-order valence-electron chi connectivity index (χ0n) is 10.2.